The summed E-state index contributed by atoms with van der Waals surface area (Å²) in [4.78, 5) is 9.73. The molecular formula is C7H17O2PS. The van der Waals surface area contributed by atoms with Crippen LogP contribution >= 0.6 is 6.49 Å². The van der Waals surface area contributed by atoms with E-state index in [4.69, 9.17) is 16.3 Å². The standard InChI is InChI=1S/C7H17O2PS/c1-6(2)9-10(8,11)7(3,4)5/h6H,1-5H3,(H,8,11). The lowest BCUT2D eigenvalue weighted by molar-refractivity contribution is 0.228. The first-order chi connectivity index (χ1) is 4.67. The Morgan fingerprint density at radius 3 is 1.82 bits per heavy atom. The van der Waals surface area contributed by atoms with Crippen LogP contribution in [0.5, 0.6) is 0 Å². The Kier molecular flexibility index (Phi) is 3.71. The van der Waals surface area contributed by atoms with Gasteiger partial charge < -0.3 is 9.42 Å². The van der Waals surface area contributed by atoms with E-state index >= 15 is 0 Å². The van der Waals surface area contributed by atoms with Crippen molar-refractivity contribution in [3.05, 3.63) is 0 Å². The number of hydrogen-bond acceptors (Lipinski definition) is 2. The lowest BCUT2D eigenvalue weighted by Crippen LogP contribution is -2.18. The van der Waals surface area contributed by atoms with E-state index in [9.17, 15) is 4.89 Å². The molecule has 0 heterocycles. The average molecular weight is 196 g/mol. The summed E-state index contributed by atoms with van der Waals surface area (Å²) in [5.74, 6) is 0. The zero-order valence-corrected chi connectivity index (χ0v) is 9.50. The molecule has 0 aromatic heterocycles. The van der Waals surface area contributed by atoms with E-state index in [0.29, 0.717) is 0 Å². The van der Waals surface area contributed by atoms with Gasteiger partial charge in [0.25, 0.3) is 0 Å². The molecule has 68 valence electrons. The first-order valence-corrected chi connectivity index (χ1v) is 6.35. The molecule has 0 rings (SSSR count). The zero-order valence-electron chi connectivity index (χ0n) is 7.79. The summed E-state index contributed by atoms with van der Waals surface area (Å²) in [6.45, 7) is 6.85. The van der Waals surface area contributed by atoms with E-state index in [1.165, 1.54) is 0 Å². The van der Waals surface area contributed by atoms with Crippen LogP contribution in [-0.2, 0) is 16.3 Å². The minimum atomic E-state index is -2.60. The van der Waals surface area contributed by atoms with Gasteiger partial charge >= 0.3 is 0 Å². The third-order valence-electron chi connectivity index (χ3n) is 1.20. The molecule has 0 saturated heterocycles. The van der Waals surface area contributed by atoms with Crippen LogP contribution in [0.3, 0.4) is 0 Å². The predicted octanol–water partition coefficient (Wildman–Crippen LogP) is 2.51. The Labute approximate surface area is 74.1 Å². The van der Waals surface area contributed by atoms with Gasteiger partial charge in [-0.2, -0.15) is 0 Å². The van der Waals surface area contributed by atoms with Crippen LogP contribution in [0.25, 0.3) is 0 Å². The fourth-order valence-corrected chi connectivity index (χ4v) is 1.85. The molecule has 0 aromatic rings. The maximum atomic E-state index is 9.73. The van der Waals surface area contributed by atoms with Crippen LogP contribution in [0.2, 0.25) is 0 Å². The Hall–Kier alpha value is 0.570. The van der Waals surface area contributed by atoms with Gasteiger partial charge in [-0.25, -0.2) is 0 Å². The second-order valence-electron chi connectivity index (χ2n) is 3.85. The van der Waals surface area contributed by atoms with Crippen molar-refractivity contribution < 1.29 is 9.42 Å². The average Bonchev–Trinajstić information content (AvgIpc) is 1.56. The zero-order chi connectivity index (χ0) is 9.28. The highest BCUT2D eigenvalue weighted by Crippen LogP contribution is 2.55. The number of rotatable bonds is 2. The lowest BCUT2D eigenvalue weighted by atomic mass is 10.3. The van der Waals surface area contributed by atoms with Crippen molar-refractivity contribution >= 4 is 18.3 Å². The minimum absolute atomic E-state index is 0.00468. The summed E-state index contributed by atoms with van der Waals surface area (Å²) < 4.78 is 5.28. The van der Waals surface area contributed by atoms with Gasteiger partial charge in [-0.15, -0.1) is 0 Å². The van der Waals surface area contributed by atoms with E-state index in [2.05, 4.69) is 0 Å². The second kappa shape index (κ2) is 3.53. The van der Waals surface area contributed by atoms with Gasteiger partial charge in [0.05, 0.1) is 6.10 Å². The first kappa shape index (κ1) is 11.6. The van der Waals surface area contributed by atoms with Gasteiger partial charge in [0.1, 0.15) is 0 Å². The maximum absolute atomic E-state index is 9.73. The fraction of sp³-hybridized carbons (Fsp3) is 1.00. The molecule has 0 bridgehead atoms. The van der Waals surface area contributed by atoms with E-state index in [-0.39, 0.29) is 11.3 Å². The third-order valence-corrected chi connectivity index (χ3v) is 5.51. The highest BCUT2D eigenvalue weighted by Gasteiger charge is 2.31. The summed E-state index contributed by atoms with van der Waals surface area (Å²) in [5.41, 5.74) is 0. The molecule has 1 unspecified atom stereocenters. The fourth-order valence-electron chi connectivity index (χ4n) is 0.444. The molecule has 2 nitrogen and oxygen atoms in total. The molecule has 0 aromatic carbocycles. The molecule has 0 aliphatic heterocycles. The van der Waals surface area contributed by atoms with Crippen molar-refractivity contribution in [1.29, 1.82) is 0 Å². The summed E-state index contributed by atoms with van der Waals surface area (Å²) in [7, 11) is 0. The summed E-state index contributed by atoms with van der Waals surface area (Å²) in [5, 5.41) is -0.313. The van der Waals surface area contributed by atoms with Gasteiger partial charge in [-0.05, 0) is 25.7 Å². The molecule has 0 spiro atoms. The SMILES string of the molecule is CC(C)OP(O)(=S)C(C)(C)C. The normalized spacial score (nSPS) is 18.5. The Morgan fingerprint density at radius 1 is 1.36 bits per heavy atom. The molecule has 1 N–H and O–H groups in total. The lowest BCUT2D eigenvalue weighted by Gasteiger charge is -2.30. The molecular weight excluding hydrogens is 179 g/mol. The van der Waals surface area contributed by atoms with Gasteiger partial charge in [-0.3, -0.25) is 0 Å². The van der Waals surface area contributed by atoms with Crippen LogP contribution in [0.4, 0.5) is 0 Å². The van der Waals surface area contributed by atoms with E-state index in [0.717, 1.165) is 0 Å². The van der Waals surface area contributed by atoms with Gasteiger partial charge in [0.2, 0.25) is 0 Å². The van der Waals surface area contributed by atoms with Crippen molar-refractivity contribution in [1.82, 2.24) is 0 Å². The highest BCUT2D eigenvalue weighted by atomic mass is 32.5. The molecule has 0 amide bonds. The Balaban J connectivity index is 4.36. The Morgan fingerprint density at radius 2 is 1.73 bits per heavy atom. The minimum Gasteiger partial charge on any atom is -0.345 e. The highest BCUT2D eigenvalue weighted by molar-refractivity contribution is 8.10. The van der Waals surface area contributed by atoms with Gasteiger partial charge in [-0.1, -0.05) is 20.8 Å². The summed E-state index contributed by atoms with van der Waals surface area (Å²) in [6.07, 6.45) is 0.00468. The van der Waals surface area contributed by atoms with E-state index in [1.54, 1.807) is 0 Å². The number of hydrogen-bond donors (Lipinski definition) is 1. The molecule has 0 fully saturated rings. The smallest absolute Gasteiger partial charge is 0.191 e. The van der Waals surface area contributed by atoms with Gasteiger partial charge in [0.15, 0.2) is 6.49 Å². The van der Waals surface area contributed by atoms with Crippen LogP contribution in [-0.4, -0.2) is 16.2 Å². The Bertz CT molecular complexity index is 172. The monoisotopic (exact) mass is 196 g/mol. The van der Waals surface area contributed by atoms with Crippen molar-refractivity contribution in [2.45, 2.75) is 45.9 Å². The van der Waals surface area contributed by atoms with Crippen molar-refractivity contribution in [3.8, 4) is 0 Å². The first-order valence-electron chi connectivity index (χ1n) is 3.68. The molecule has 1 atom stereocenters. The summed E-state index contributed by atoms with van der Waals surface area (Å²) in [6, 6.07) is 0. The van der Waals surface area contributed by atoms with Crippen LogP contribution in [0.1, 0.15) is 34.6 Å². The third kappa shape index (κ3) is 3.66. The van der Waals surface area contributed by atoms with Crippen LogP contribution < -0.4 is 0 Å². The van der Waals surface area contributed by atoms with E-state index in [1.807, 2.05) is 34.6 Å². The van der Waals surface area contributed by atoms with E-state index < -0.39 is 6.49 Å². The molecule has 0 aliphatic carbocycles. The second-order valence-corrected chi connectivity index (χ2v) is 7.92. The molecule has 4 heteroatoms. The molecule has 0 saturated carbocycles. The molecule has 11 heavy (non-hydrogen) atoms. The van der Waals surface area contributed by atoms with Crippen molar-refractivity contribution in [2.75, 3.05) is 0 Å². The van der Waals surface area contributed by atoms with Crippen LogP contribution in [0.15, 0.2) is 0 Å². The molecule has 0 aliphatic rings. The van der Waals surface area contributed by atoms with Gasteiger partial charge in [0, 0.05) is 5.16 Å². The largest absolute Gasteiger partial charge is 0.345 e. The topological polar surface area (TPSA) is 29.5 Å². The van der Waals surface area contributed by atoms with Crippen molar-refractivity contribution in [3.63, 3.8) is 0 Å². The van der Waals surface area contributed by atoms with Crippen molar-refractivity contribution in [2.24, 2.45) is 0 Å². The predicted molar refractivity (Wildman–Crippen MR) is 52.5 cm³/mol. The quantitative estimate of drug-likeness (QED) is 0.688. The maximum Gasteiger partial charge on any atom is 0.191 e. The molecule has 0 radical (unpaired) electrons. The summed E-state index contributed by atoms with van der Waals surface area (Å²) >= 11 is 5.00. The van der Waals surface area contributed by atoms with Crippen LogP contribution in [0, 0.1) is 0 Å².